The van der Waals surface area contributed by atoms with E-state index in [9.17, 15) is 13.9 Å². The average Bonchev–Trinajstić information content (AvgIpc) is 2.45. The summed E-state index contributed by atoms with van der Waals surface area (Å²) in [5, 5.41) is 9.33. The van der Waals surface area contributed by atoms with Crippen molar-refractivity contribution in [1.82, 2.24) is 0 Å². The molecule has 1 aromatic carbocycles. The molecule has 0 aromatic heterocycles. The van der Waals surface area contributed by atoms with E-state index in [1.165, 1.54) is 6.92 Å². The number of aliphatic hydroxyl groups excluding tert-OH is 1. The Morgan fingerprint density at radius 1 is 1.13 bits per heavy atom. The van der Waals surface area contributed by atoms with Crippen molar-refractivity contribution in [3.05, 3.63) is 35.4 Å². The molecule has 2 rings (SSSR count). The molecule has 2 atom stereocenters. The van der Waals surface area contributed by atoms with E-state index in [1.54, 1.807) is 24.3 Å². The van der Waals surface area contributed by atoms with Gasteiger partial charge in [0, 0.05) is 5.92 Å². The van der Waals surface area contributed by atoms with Crippen LogP contribution >= 0.6 is 0 Å². The zero-order valence-electron chi connectivity index (χ0n) is 9.17. The summed E-state index contributed by atoms with van der Waals surface area (Å²) in [7, 11) is 0. The quantitative estimate of drug-likeness (QED) is 0.700. The van der Waals surface area contributed by atoms with Crippen molar-refractivity contribution < 1.29 is 13.9 Å². The average molecular weight is 214 g/mol. The molecule has 84 valence electrons. The molecule has 0 fully saturated rings. The van der Waals surface area contributed by atoms with Crippen LogP contribution in [0.1, 0.15) is 43.9 Å². The second-order valence-corrected chi connectivity index (χ2v) is 3.43. The molecule has 3 heteroatoms. The van der Waals surface area contributed by atoms with E-state index in [1.807, 2.05) is 13.8 Å². The van der Waals surface area contributed by atoms with Gasteiger partial charge in [0.2, 0.25) is 0 Å². The lowest BCUT2D eigenvalue weighted by atomic mass is 10.0. The summed E-state index contributed by atoms with van der Waals surface area (Å²) in [5.74, 6) is -3.91. The number of fused-ring (bicyclic) bond motifs is 1. The summed E-state index contributed by atoms with van der Waals surface area (Å²) in [6.07, 6.45) is -1.64. The third-order valence-corrected chi connectivity index (χ3v) is 2.70. The molecule has 15 heavy (non-hydrogen) atoms. The third-order valence-electron chi connectivity index (χ3n) is 2.70. The van der Waals surface area contributed by atoms with Gasteiger partial charge in [-0.3, -0.25) is 0 Å². The Kier molecular flexibility index (Phi) is 3.45. The summed E-state index contributed by atoms with van der Waals surface area (Å²) in [6.45, 7) is 5.44. The van der Waals surface area contributed by atoms with Gasteiger partial charge in [-0.05, 0) is 11.1 Å². The van der Waals surface area contributed by atoms with Crippen molar-refractivity contribution in [2.75, 3.05) is 0 Å². The standard InChI is InChI=1S/C10H10F2O.C2H6/c1-6-7-4-2-3-5-8(7)9(13)10(6,11)12;1-2/h2-6,9,13H,1H3;1-2H3. The van der Waals surface area contributed by atoms with Crippen molar-refractivity contribution in [2.45, 2.75) is 38.7 Å². The van der Waals surface area contributed by atoms with Crippen LogP contribution in [0.5, 0.6) is 0 Å². The highest BCUT2D eigenvalue weighted by atomic mass is 19.3. The topological polar surface area (TPSA) is 20.2 Å². The van der Waals surface area contributed by atoms with E-state index in [4.69, 9.17) is 0 Å². The molecule has 0 aliphatic heterocycles. The Morgan fingerprint density at radius 3 is 2.07 bits per heavy atom. The monoisotopic (exact) mass is 214 g/mol. The zero-order chi connectivity index (χ0) is 11.6. The van der Waals surface area contributed by atoms with E-state index >= 15 is 0 Å². The molecular formula is C12H16F2O. The van der Waals surface area contributed by atoms with Crippen LogP contribution < -0.4 is 0 Å². The van der Waals surface area contributed by atoms with Crippen LogP contribution in [0, 0.1) is 0 Å². The van der Waals surface area contributed by atoms with Gasteiger partial charge in [-0.2, -0.15) is 0 Å². The molecule has 0 amide bonds. The van der Waals surface area contributed by atoms with Gasteiger partial charge in [0.1, 0.15) is 6.10 Å². The molecule has 2 unspecified atom stereocenters. The Hall–Kier alpha value is -0.960. The minimum atomic E-state index is -3.02. The maximum absolute atomic E-state index is 13.3. The Labute approximate surface area is 88.7 Å². The molecule has 0 saturated carbocycles. The number of hydrogen-bond donors (Lipinski definition) is 1. The van der Waals surface area contributed by atoms with Gasteiger partial charge >= 0.3 is 0 Å². The predicted octanol–water partition coefficient (Wildman–Crippen LogP) is 3.50. The highest BCUT2D eigenvalue weighted by Crippen LogP contribution is 2.50. The fraction of sp³-hybridized carbons (Fsp3) is 0.500. The van der Waals surface area contributed by atoms with E-state index in [0.717, 1.165) is 0 Å². The molecule has 0 spiro atoms. The molecule has 1 N–H and O–H groups in total. The number of rotatable bonds is 0. The molecule has 1 nitrogen and oxygen atoms in total. The highest BCUT2D eigenvalue weighted by molar-refractivity contribution is 5.40. The predicted molar refractivity (Wildman–Crippen MR) is 56.1 cm³/mol. The Balaban J connectivity index is 0.000000531. The molecular weight excluding hydrogens is 198 g/mol. The Morgan fingerprint density at radius 2 is 1.60 bits per heavy atom. The lowest BCUT2D eigenvalue weighted by Crippen LogP contribution is -2.24. The molecule has 1 aliphatic rings. The van der Waals surface area contributed by atoms with Gasteiger partial charge in [0.25, 0.3) is 5.92 Å². The number of halogens is 2. The molecule has 0 heterocycles. The molecule has 0 radical (unpaired) electrons. The van der Waals surface area contributed by atoms with Gasteiger partial charge in [-0.1, -0.05) is 45.0 Å². The van der Waals surface area contributed by atoms with Crippen LogP contribution in [0.2, 0.25) is 0 Å². The summed E-state index contributed by atoms with van der Waals surface area (Å²) in [6, 6.07) is 6.57. The largest absolute Gasteiger partial charge is 0.382 e. The van der Waals surface area contributed by atoms with Crippen molar-refractivity contribution in [2.24, 2.45) is 0 Å². The van der Waals surface area contributed by atoms with E-state index in [-0.39, 0.29) is 0 Å². The van der Waals surface area contributed by atoms with Crippen LogP contribution in [-0.4, -0.2) is 11.0 Å². The van der Waals surface area contributed by atoms with E-state index in [0.29, 0.717) is 11.1 Å². The summed E-state index contributed by atoms with van der Waals surface area (Å²) < 4.78 is 26.5. The second-order valence-electron chi connectivity index (χ2n) is 3.43. The minimum absolute atomic E-state index is 0.361. The second kappa shape index (κ2) is 4.27. The van der Waals surface area contributed by atoms with E-state index in [2.05, 4.69) is 0 Å². The zero-order valence-corrected chi connectivity index (χ0v) is 9.17. The van der Waals surface area contributed by atoms with Gasteiger partial charge in [-0.25, -0.2) is 8.78 Å². The summed E-state index contributed by atoms with van der Waals surface area (Å²) in [4.78, 5) is 0. The highest BCUT2D eigenvalue weighted by Gasteiger charge is 2.52. The first kappa shape index (κ1) is 12.1. The fourth-order valence-electron chi connectivity index (χ4n) is 1.81. The first-order valence-corrected chi connectivity index (χ1v) is 5.20. The SMILES string of the molecule is CC.CC1c2ccccc2C(O)C1(F)F. The molecule has 1 aromatic rings. The Bertz CT molecular complexity index is 305. The van der Waals surface area contributed by atoms with Crippen LogP contribution in [0.3, 0.4) is 0 Å². The molecule has 0 saturated heterocycles. The van der Waals surface area contributed by atoms with Crippen molar-refractivity contribution in [1.29, 1.82) is 0 Å². The van der Waals surface area contributed by atoms with Crippen LogP contribution in [0.15, 0.2) is 24.3 Å². The first-order chi connectivity index (χ1) is 7.05. The number of aliphatic hydroxyl groups is 1. The fourth-order valence-corrected chi connectivity index (χ4v) is 1.81. The maximum Gasteiger partial charge on any atom is 0.284 e. The minimum Gasteiger partial charge on any atom is -0.382 e. The summed E-state index contributed by atoms with van der Waals surface area (Å²) in [5.41, 5.74) is 0.917. The van der Waals surface area contributed by atoms with Crippen molar-refractivity contribution in [3.63, 3.8) is 0 Å². The smallest absolute Gasteiger partial charge is 0.284 e. The van der Waals surface area contributed by atoms with Crippen molar-refractivity contribution >= 4 is 0 Å². The number of alkyl halides is 2. The normalized spacial score (nSPS) is 26.5. The van der Waals surface area contributed by atoms with Crippen LogP contribution in [0.4, 0.5) is 8.78 Å². The number of hydrogen-bond acceptors (Lipinski definition) is 1. The maximum atomic E-state index is 13.3. The first-order valence-electron chi connectivity index (χ1n) is 5.20. The number of benzene rings is 1. The van der Waals surface area contributed by atoms with E-state index < -0.39 is 17.9 Å². The van der Waals surface area contributed by atoms with Crippen LogP contribution in [-0.2, 0) is 0 Å². The molecule has 0 bridgehead atoms. The van der Waals surface area contributed by atoms with Gasteiger partial charge in [0.15, 0.2) is 0 Å². The molecule has 1 aliphatic carbocycles. The summed E-state index contributed by atoms with van der Waals surface area (Å²) >= 11 is 0. The van der Waals surface area contributed by atoms with Gasteiger partial charge in [-0.15, -0.1) is 0 Å². The van der Waals surface area contributed by atoms with Crippen LogP contribution in [0.25, 0.3) is 0 Å². The third kappa shape index (κ3) is 1.76. The van der Waals surface area contributed by atoms with Gasteiger partial charge in [0.05, 0.1) is 0 Å². The lowest BCUT2D eigenvalue weighted by molar-refractivity contribution is -0.112. The van der Waals surface area contributed by atoms with Crippen molar-refractivity contribution in [3.8, 4) is 0 Å². The van der Waals surface area contributed by atoms with Gasteiger partial charge < -0.3 is 5.11 Å². The lowest BCUT2D eigenvalue weighted by Gasteiger charge is -2.18.